The maximum Gasteiger partial charge on any atom is 0.307 e. The van der Waals surface area contributed by atoms with Crippen LogP contribution in [-0.2, 0) is 4.79 Å². The van der Waals surface area contributed by atoms with Crippen molar-refractivity contribution in [3.63, 3.8) is 0 Å². The van der Waals surface area contributed by atoms with E-state index in [1.54, 1.807) is 5.38 Å². The number of nitrogen functional groups attached to an aromatic ring is 1. The molecule has 1 amide bonds. The highest BCUT2D eigenvalue weighted by atomic mass is 32.1. The Hall–Kier alpha value is -1.63. The molecule has 4 N–H and O–H groups in total. The van der Waals surface area contributed by atoms with Crippen LogP contribution in [0.1, 0.15) is 0 Å². The first kappa shape index (κ1) is 8.47. The van der Waals surface area contributed by atoms with Crippen molar-refractivity contribution in [2.24, 2.45) is 10.9 Å². The average molecular weight is 186 g/mol. The van der Waals surface area contributed by atoms with Crippen LogP contribution in [0.25, 0.3) is 0 Å². The van der Waals surface area contributed by atoms with E-state index in [0.29, 0.717) is 5.82 Å². The number of aromatic nitrogens is 1. The molecule has 0 fully saturated rings. The van der Waals surface area contributed by atoms with Gasteiger partial charge in [0.15, 0.2) is 0 Å². The molecule has 0 bridgehead atoms. The summed E-state index contributed by atoms with van der Waals surface area (Å²) >= 11 is 1.18. The zero-order valence-corrected chi connectivity index (χ0v) is 6.75. The summed E-state index contributed by atoms with van der Waals surface area (Å²) in [5, 5.41) is 5.11. The highest BCUT2D eigenvalue weighted by molar-refractivity contribution is 7.11. The Balaban J connectivity index is 2.48. The number of hydrogen-bond donors (Lipinski definition) is 2. The van der Waals surface area contributed by atoms with Crippen molar-refractivity contribution in [3.05, 3.63) is 5.38 Å². The first-order valence-electron chi connectivity index (χ1n) is 2.89. The van der Waals surface area contributed by atoms with Gasteiger partial charge in [-0.3, -0.25) is 4.79 Å². The number of oxime groups is 1. The fourth-order valence-corrected chi connectivity index (χ4v) is 0.953. The van der Waals surface area contributed by atoms with E-state index in [0.717, 1.165) is 6.21 Å². The van der Waals surface area contributed by atoms with Crippen molar-refractivity contribution >= 4 is 29.3 Å². The van der Waals surface area contributed by atoms with Gasteiger partial charge in [0.25, 0.3) is 5.91 Å². The predicted octanol–water partition coefficient (Wildman–Crippen LogP) is -0.425. The van der Waals surface area contributed by atoms with Gasteiger partial charge in [-0.05, 0) is 0 Å². The van der Waals surface area contributed by atoms with Gasteiger partial charge in [0.05, 0.1) is 0 Å². The largest absolute Gasteiger partial charge is 0.383 e. The van der Waals surface area contributed by atoms with Crippen LogP contribution in [-0.4, -0.2) is 17.1 Å². The number of carbonyl (C=O) groups is 1. The van der Waals surface area contributed by atoms with Crippen molar-refractivity contribution in [1.29, 1.82) is 0 Å². The lowest BCUT2D eigenvalue weighted by Gasteiger charge is -1.87. The number of thiazole rings is 1. The second kappa shape index (κ2) is 3.67. The zero-order valence-electron chi connectivity index (χ0n) is 5.93. The maximum atomic E-state index is 10.1. The van der Waals surface area contributed by atoms with Crippen molar-refractivity contribution in [2.45, 2.75) is 0 Å². The molecule has 0 unspecified atom stereocenters. The lowest BCUT2D eigenvalue weighted by molar-refractivity contribution is -0.111. The topological polar surface area (TPSA) is 104 Å². The Morgan fingerprint density at radius 1 is 1.83 bits per heavy atom. The number of anilines is 1. The van der Waals surface area contributed by atoms with Crippen molar-refractivity contribution < 1.29 is 9.63 Å². The summed E-state index contributed by atoms with van der Waals surface area (Å²) < 4.78 is 0. The standard InChI is InChI=1S/C5H6N4O2S/c6-3-2-12-5(9-3)11-8-1-4(7)10/h1-2H,6H2,(H2,7,10). The molecule has 1 aromatic rings. The maximum absolute atomic E-state index is 10.1. The third-order valence-corrected chi connectivity index (χ3v) is 1.54. The molecule has 12 heavy (non-hydrogen) atoms. The average Bonchev–Trinajstić information content (AvgIpc) is 2.35. The van der Waals surface area contributed by atoms with Gasteiger partial charge in [-0.15, -0.1) is 0 Å². The lowest BCUT2D eigenvalue weighted by atomic mass is 10.7. The van der Waals surface area contributed by atoms with Gasteiger partial charge in [0, 0.05) is 5.38 Å². The zero-order chi connectivity index (χ0) is 8.97. The van der Waals surface area contributed by atoms with Gasteiger partial charge in [0.2, 0.25) is 0 Å². The van der Waals surface area contributed by atoms with Crippen molar-refractivity contribution in [2.75, 3.05) is 5.73 Å². The summed E-state index contributed by atoms with van der Waals surface area (Å²) in [6.45, 7) is 0. The molecule has 6 nitrogen and oxygen atoms in total. The summed E-state index contributed by atoms with van der Waals surface area (Å²) in [5.41, 5.74) is 10.0. The molecule has 1 rings (SSSR count). The third kappa shape index (κ3) is 2.54. The van der Waals surface area contributed by atoms with Crippen LogP contribution in [0.4, 0.5) is 5.82 Å². The number of rotatable bonds is 3. The molecule has 0 saturated heterocycles. The summed E-state index contributed by atoms with van der Waals surface area (Å²) in [7, 11) is 0. The van der Waals surface area contributed by atoms with Crippen LogP contribution in [0.5, 0.6) is 5.19 Å². The van der Waals surface area contributed by atoms with Crippen LogP contribution in [0.3, 0.4) is 0 Å². The molecule has 0 spiro atoms. The van der Waals surface area contributed by atoms with E-state index in [2.05, 4.69) is 15.0 Å². The molecular formula is C5H6N4O2S. The quantitative estimate of drug-likeness (QED) is 0.494. The van der Waals surface area contributed by atoms with E-state index in [4.69, 9.17) is 11.5 Å². The normalized spacial score (nSPS) is 10.3. The third-order valence-electron chi connectivity index (χ3n) is 0.812. The highest BCUT2D eigenvalue weighted by Crippen LogP contribution is 2.18. The van der Waals surface area contributed by atoms with Crippen LogP contribution in [0.15, 0.2) is 10.5 Å². The van der Waals surface area contributed by atoms with E-state index in [9.17, 15) is 4.79 Å². The van der Waals surface area contributed by atoms with E-state index < -0.39 is 5.91 Å². The molecule has 1 aromatic heterocycles. The molecule has 0 atom stereocenters. The molecule has 7 heteroatoms. The lowest BCUT2D eigenvalue weighted by Crippen LogP contribution is -2.11. The molecule has 1 heterocycles. The Labute approximate surface area is 71.8 Å². The van der Waals surface area contributed by atoms with Crippen LogP contribution < -0.4 is 16.3 Å². The van der Waals surface area contributed by atoms with Crippen LogP contribution >= 0.6 is 11.3 Å². The molecule has 0 aliphatic rings. The summed E-state index contributed by atoms with van der Waals surface area (Å²) in [4.78, 5) is 18.5. The SMILES string of the molecule is NC(=O)C=NOc1nc(N)cs1. The Morgan fingerprint density at radius 3 is 3.08 bits per heavy atom. The second-order valence-corrected chi connectivity index (χ2v) is 2.59. The van der Waals surface area contributed by atoms with Crippen LogP contribution in [0.2, 0.25) is 0 Å². The molecule has 0 radical (unpaired) electrons. The highest BCUT2D eigenvalue weighted by Gasteiger charge is 1.97. The number of amides is 1. The van der Waals surface area contributed by atoms with Gasteiger partial charge in [-0.25, -0.2) is 0 Å². The smallest absolute Gasteiger partial charge is 0.307 e. The first-order chi connectivity index (χ1) is 5.68. The minimum absolute atomic E-state index is 0.269. The molecular weight excluding hydrogens is 180 g/mol. The fraction of sp³-hybridized carbons (Fsp3) is 0. The minimum atomic E-state index is -0.681. The van der Waals surface area contributed by atoms with Gasteiger partial charge in [-0.1, -0.05) is 16.5 Å². The van der Waals surface area contributed by atoms with E-state index in [1.165, 1.54) is 11.3 Å². The van der Waals surface area contributed by atoms with Crippen molar-refractivity contribution in [1.82, 2.24) is 4.98 Å². The van der Waals surface area contributed by atoms with E-state index >= 15 is 0 Å². The second-order valence-electron chi connectivity index (χ2n) is 1.77. The summed E-state index contributed by atoms with van der Waals surface area (Å²) in [5.74, 6) is -0.330. The monoisotopic (exact) mass is 186 g/mol. The molecule has 0 aromatic carbocycles. The van der Waals surface area contributed by atoms with Gasteiger partial charge in [-0.2, -0.15) is 4.98 Å². The number of hydrogen-bond acceptors (Lipinski definition) is 6. The number of nitrogens with two attached hydrogens (primary N) is 2. The minimum Gasteiger partial charge on any atom is -0.383 e. The molecule has 64 valence electrons. The Kier molecular flexibility index (Phi) is 2.59. The number of carbonyl (C=O) groups excluding carboxylic acids is 1. The Morgan fingerprint density at radius 2 is 2.58 bits per heavy atom. The summed E-state index contributed by atoms with van der Waals surface area (Å²) in [6, 6.07) is 0. The first-order valence-corrected chi connectivity index (χ1v) is 3.77. The van der Waals surface area contributed by atoms with Gasteiger partial charge in [0.1, 0.15) is 12.0 Å². The van der Waals surface area contributed by atoms with E-state index in [-0.39, 0.29) is 5.19 Å². The Bertz CT molecular complexity index is 308. The predicted molar refractivity (Wildman–Crippen MR) is 44.8 cm³/mol. The number of nitrogens with zero attached hydrogens (tertiary/aromatic N) is 2. The summed E-state index contributed by atoms with van der Waals surface area (Å²) in [6.07, 6.45) is 0.845. The van der Waals surface area contributed by atoms with Crippen LogP contribution in [0, 0.1) is 0 Å². The van der Waals surface area contributed by atoms with Gasteiger partial charge >= 0.3 is 5.19 Å². The molecule has 0 aliphatic carbocycles. The van der Waals surface area contributed by atoms with Crippen molar-refractivity contribution in [3.8, 4) is 5.19 Å². The van der Waals surface area contributed by atoms with E-state index in [1.807, 2.05) is 0 Å². The van der Waals surface area contributed by atoms with Gasteiger partial charge < -0.3 is 16.3 Å². The number of primary amides is 1. The fourth-order valence-electron chi connectivity index (χ4n) is 0.434. The molecule has 0 saturated carbocycles. The molecule has 0 aliphatic heterocycles.